The summed E-state index contributed by atoms with van der Waals surface area (Å²) in [6, 6.07) is 11.8. The van der Waals surface area contributed by atoms with Crippen molar-refractivity contribution < 1.29 is 9.59 Å². The normalized spacial score (nSPS) is 21.4. The van der Waals surface area contributed by atoms with Gasteiger partial charge in [0, 0.05) is 38.1 Å². The van der Waals surface area contributed by atoms with Crippen molar-refractivity contribution in [1.82, 2.24) is 9.88 Å². The molecule has 1 saturated heterocycles. The first-order valence-electron chi connectivity index (χ1n) is 9.86. The second-order valence-electron chi connectivity index (χ2n) is 7.74. The molecule has 1 aliphatic carbocycles. The van der Waals surface area contributed by atoms with Crippen molar-refractivity contribution >= 4 is 23.3 Å². The fourth-order valence-corrected chi connectivity index (χ4v) is 3.74. The van der Waals surface area contributed by atoms with Gasteiger partial charge in [-0.05, 0) is 55.7 Å². The Kier molecular flexibility index (Phi) is 5.03. The van der Waals surface area contributed by atoms with Crippen LogP contribution in [0.1, 0.15) is 17.5 Å². The quantitative estimate of drug-likeness (QED) is 0.888. The monoisotopic (exact) mass is 378 g/mol. The van der Waals surface area contributed by atoms with E-state index in [1.165, 1.54) is 5.56 Å². The van der Waals surface area contributed by atoms with Crippen LogP contribution in [0.2, 0.25) is 0 Å². The predicted molar refractivity (Wildman–Crippen MR) is 109 cm³/mol. The Morgan fingerprint density at radius 3 is 2.46 bits per heavy atom. The van der Waals surface area contributed by atoms with Gasteiger partial charge in [-0.25, -0.2) is 4.98 Å². The number of carbonyl (C=O) groups excluding carboxylic acids is 2. The fraction of sp³-hybridized carbons (Fsp3) is 0.409. The lowest BCUT2D eigenvalue weighted by Crippen LogP contribution is -2.49. The Morgan fingerprint density at radius 2 is 1.79 bits per heavy atom. The number of nitrogens with one attached hydrogen (secondary N) is 1. The van der Waals surface area contributed by atoms with Gasteiger partial charge < -0.3 is 15.1 Å². The summed E-state index contributed by atoms with van der Waals surface area (Å²) in [6.07, 6.45) is 2.44. The maximum Gasteiger partial charge on any atom is 0.228 e. The molecule has 1 aromatic heterocycles. The van der Waals surface area contributed by atoms with E-state index in [1.807, 2.05) is 55.1 Å². The third-order valence-corrected chi connectivity index (χ3v) is 5.78. The third-order valence-electron chi connectivity index (χ3n) is 5.78. The molecule has 4 rings (SSSR count). The standard InChI is InChI=1S/C22H26N4O2/c1-15-6-7-17(13-16(15)2)24-21(27)18-14-19(18)22(28)26-11-9-25(10-12-26)20-5-3-4-8-23-20/h3-8,13,18-19H,9-12,14H2,1-2H3,(H,24,27). The smallest absolute Gasteiger partial charge is 0.228 e. The number of nitrogens with zero attached hydrogens (tertiary/aromatic N) is 3. The number of hydrogen-bond donors (Lipinski definition) is 1. The molecule has 2 unspecified atom stereocenters. The summed E-state index contributed by atoms with van der Waals surface area (Å²) < 4.78 is 0. The lowest BCUT2D eigenvalue weighted by molar-refractivity contribution is -0.134. The highest BCUT2D eigenvalue weighted by Gasteiger charge is 2.49. The molecule has 2 atom stereocenters. The van der Waals surface area contributed by atoms with E-state index in [1.54, 1.807) is 6.20 Å². The molecule has 0 spiro atoms. The molecule has 1 saturated carbocycles. The van der Waals surface area contributed by atoms with Crippen LogP contribution in [0, 0.1) is 25.7 Å². The summed E-state index contributed by atoms with van der Waals surface area (Å²) >= 11 is 0. The second-order valence-corrected chi connectivity index (χ2v) is 7.74. The minimum atomic E-state index is -0.206. The average Bonchev–Trinajstić information content (AvgIpc) is 3.52. The summed E-state index contributed by atoms with van der Waals surface area (Å²) in [4.78, 5) is 33.8. The molecule has 1 N–H and O–H groups in total. The van der Waals surface area contributed by atoms with Crippen LogP contribution >= 0.6 is 0 Å². The van der Waals surface area contributed by atoms with Crippen LogP contribution in [-0.2, 0) is 9.59 Å². The lowest BCUT2D eigenvalue weighted by Gasteiger charge is -2.35. The Hall–Kier alpha value is -2.89. The van der Waals surface area contributed by atoms with Gasteiger partial charge in [-0.2, -0.15) is 0 Å². The van der Waals surface area contributed by atoms with Crippen LogP contribution in [0.25, 0.3) is 0 Å². The van der Waals surface area contributed by atoms with E-state index in [-0.39, 0.29) is 23.7 Å². The van der Waals surface area contributed by atoms with Crippen molar-refractivity contribution in [3.05, 3.63) is 53.7 Å². The highest BCUT2D eigenvalue weighted by molar-refractivity contribution is 5.99. The highest BCUT2D eigenvalue weighted by Crippen LogP contribution is 2.41. The lowest BCUT2D eigenvalue weighted by atomic mass is 10.1. The van der Waals surface area contributed by atoms with Crippen molar-refractivity contribution in [2.75, 3.05) is 36.4 Å². The zero-order chi connectivity index (χ0) is 19.7. The number of carbonyl (C=O) groups is 2. The number of benzene rings is 1. The molecule has 2 aromatic rings. The largest absolute Gasteiger partial charge is 0.353 e. The van der Waals surface area contributed by atoms with Crippen LogP contribution in [0.15, 0.2) is 42.6 Å². The molecule has 28 heavy (non-hydrogen) atoms. The Labute approximate surface area is 165 Å². The minimum absolute atomic E-state index is 0.0475. The van der Waals surface area contributed by atoms with Crippen LogP contribution in [0.4, 0.5) is 11.5 Å². The summed E-state index contributed by atoms with van der Waals surface area (Å²) in [6.45, 7) is 6.97. The summed E-state index contributed by atoms with van der Waals surface area (Å²) in [5.74, 6) is 0.636. The van der Waals surface area contributed by atoms with Crippen molar-refractivity contribution in [2.24, 2.45) is 11.8 Å². The van der Waals surface area contributed by atoms with Gasteiger partial charge >= 0.3 is 0 Å². The van der Waals surface area contributed by atoms with Gasteiger partial charge in [0.25, 0.3) is 0 Å². The van der Waals surface area contributed by atoms with Crippen LogP contribution in [0.5, 0.6) is 0 Å². The number of pyridine rings is 1. The Morgan fingerprint density at radius 1 is 1.00 bits per heavy atom. The molecule has 1 aromatic carbocycles. The molecule has 6 heteroatoms. The maximum atomic E-state index is 12.8. The molecule has 2 aliphatic rings. The first-order chi connectivity index (χ1) is 13.5. The van der Waals surface area contributed by atoms with Gasteiger partial charge in [0.05, 0.1) is 11.8 Å². The van der Waals surface area contributed by atoms with E-state index < -0.39 is 0 Å². The van der Waals surface area contributed by atoms with Gasteiger partial charge in [0.15, 0.2) is 0 Å². The number of rotatable bonds is 4. The first-order valence-corrected chi connectivity index (χ1v) is 9.86. The first kappa shape index (κ1) is 18.5. The van der Waals surface area contributed by atoms with Gasteiger partial charge in [0.2, 0.25) is 11.8 Å². The zero-order valence-corrected chi connectivity index (χ0v) is 16.4. The SMILES string of the molecule is Cc1ccc(NC(=O)C2CC2C(=O)N2CCN(c3ccccn3)CC2)cc1C. The summed E-state index contributed by atoms with van der Waals surface area (Å²) in [5, 5.41) is 2.96. The number of aromatic nitrogens is 1. The van der Waals surface area contributed by atoms with Crippen molar-refractivity contribution in [3.63, 3.8) is 0 Å². The highest BCUT2D eigenvalue weighted by atomic mass is 16.2. The van der Waals surface area contributed by atoms with Crippen molar-refractivity contribution in [3.8, 4) is 0 Å². The molecule has 146 valence electrons. The molecule has 0 bridgehead atoms. The molecule has 6 nitrogen and oxygen atoms in total. The van der Waals surface area contributed by atoms with Crippen molar-refractivity contribution in [2.45, 2.75) is 20.3 Å². The molecule has 0 radical (unpaired) electrons. The van der Waals surface area contributed by atoms with Crippen LogP contribution in [-0.4, -0.2) is 47.9 Å². The van der Waals surface area contributed by atoms with E-state index in [9.17, 15) is 9.59 Å². The van der Waals surface area contributed by atoms with Gasteiger partial charge in [-0.15, -0.1) is 0 Å². The van der Waals surface area contributed by atoms with Crippen molar-refractivity contribution in [1.29, 1.82) is 0 Å². The van der Waals surface area contributed by atoms with Gasteiger partial charge in [-0.1, -0.05) is 12.1 Å². The summed E-state index contributed by atoms with van der Waals surface area (Å²) in [5.41, 5.74) is 3.14. The fourth-order valence-electron chi connectivity index (χ4n) is 3.74. The van der Waals surface area contributed by atoms with E-state index in [0.717, 1.165) is 30.2 Å². The summed E-state index contributed by atoms with van der Waals surface area (Å²) in [7, 11) is 0. The number of anilines is 2. The number of amides is 2. The molecule has 2 heterocycles. The third kappa shape index (κ3) is 3.86. The molecule has 1 aliphatic heterocycles. The van der Waals surface area contributed by atoms with Gasteiger partial charge in [-0.3, -0.25) is 9.59 Å². The Balaban J connectivity index is 1.28. The predicted octanol–water partition coefficient (Wildman–Crippen LogP) is 2.62. The van der Waals surface area contributed by atoms with E-state index in [2.05, 4.69) is 15.2 Å². The maximum absolute atomic E-state index is 12.8. The average molecular weight is 378 g/mol. The number of piperazine rings is 1. The van der Waals surface area contributed by atoms with E-state index in [0.29, 0.717) is 19.5 Å². The Bertz CT molecular complexity index is 875. The van der Waals surface area contributed by atoms with Crippen LogP contribution < -0.4 is 10.2 Å². The molecular formula is C22H26N4O2. The van der Waals surface area contributed by atoms with E-state index >= 15 is 0 Å². The molecule has 2 fully saturated rings. The molecule has 2 amide bonds. The minimum Gasteiger partial charge on any atom is -0.353 e. The number of hydrogen-bond acceptors (Lipinski definition) is 4. The van der Waals surface area contributed by atoms with E-state index in [4.69, 9.17) is 0 Å². The second kappa shape index (κ2) is 7.62. The number of aryl methyl sites for hydroxylation is 2. The molecular weight excluding hydrogens is 352 g/mol. The van der Waals surface area contributed by atoms with Crippen LogP contribution in [0.3, 0.4) is 0 Å². The topological polar surface area (TPSA) is 65.5 Å². The zero-order valence-electron chi connectivity index (χ0n) is 16.4. The van der Waals surface area contributed by atoms with Gasteiger partial charge in [0.1, 0.15) is 5.82 Å².